The minimum atomic E-state index is -1.29. The van der Waals surface area contributed by atoms with Gasteiger partial charge in [0.15, 0.2) is 11.4 Å². The number of ether oxygens (including phenoxy) is 4. The van der Waals surface area contributed by atoms with E-state index in [4.69, 9.17) is 20.6 Å². The first-order chi connectivity index (χ1) is 7.39. The van der Waals surface area contributed by atoms with Gasteiger partial charge in [0.25, 0.3) is 0 Å². The average molecular weight is 226 g/mol. The fourth-order valence-corrected chi connectivity index (χ4v) is 1.26. The van der Waals surface area contributed by atoms with Gasteiger partial charge in [0.2, 0.25) is 0 Å². The summed E-state index contributed by atoms with van der Waals surface area (Å²) in [7, 11) is 2.68. The monoisotopic (exact) mass is 226 g/mol. The number of esters is 1. The van der Waals surface area contributed by atoms with E-state index in [-0.39, 0.29) is 5.76 Å². The first kappa shape index (κ1) is 12.6. The zero-order valence-electron chi connectivity index (χ0n) is 9.70. The molecule has 1 aliphatic heterocycles. The lowest BCUT2D eigenvalue weighted by Crippen LogP contribution is -2.32. The highest BCUT2D eigenvalue weighted by Crippen LogP contribution is 2.39. The highest BCUT2D eigenvalue weighted by molar-refractivity contribution is 5.82. The number of rotatable bonds is 2. The Morgan fingerprint density at radius 1 is 1.50 bits per heavy atom. The number of terminal acetylenes is 1. The first-order valence-electron chi connectivity index (χ1n) is 4.61. The summed E-state index contributed by atoms with van der Waals surface area (Å²) in [6.45, 7) is 3.16. The van der Waals surface area contributed by atoms with Gasteiger partial charge in [-0.25, -0.2) is 4.79 Å². The number of methoxy groups -OCH3 is 2. The molecule has 0 amide bonds. The molecule has 1 saturated heterocycles. The molecule has 2 atom stereocenters. The Balaban J connectivity index is 3.06. The third-order valence-electron chi connectivity index (χ3n) is 2.25. The van der Waals surface area contributed by atoms with Gasteiger partial charge in [0, 0.05) is 14.0 Å². The van der Waals surface area contributed by atoms with Crippen LogP contribution in [0.25, 0.3) is 0 Å². The zero-order valence-corrected chi connectivity index (χ0v) is 9.70. The Bertz CT molecular complexity index is 367. The summed E-state index contributed by atoms with van der Waals surface area (Å²) in [4.78, 5) is 11.1. The van der Waals surface area contributed by atoms with Gasteiger partial charge in [-0.05, 0) is 6.92 Å². The van der Waals surface area contributed by atoms with Gasteiger partial charge in [-0.3, -0.25) is 4.74 Å². The van der Waals surface area contributed by atoms with E-state index in [9.17, 15) is 4.79 Å². The van der Waals surface area contributed by atoms with E-state index in [2.05, 4.69) is 10.7 Å². The van der Waals surface area contributed by atoms with Crippen molar-refractivity contribution in [3.8, 4) is 12.3 Å². The van der Waals surface area contributed by atoms with Gasteiger partial charge >= 0.3 is 11.9 Å². The normalized spacial score (nSPS) is 35.6. The van der Waals surface area contributed by atoms with E-state index >= 15 is 0 Å². The maximum atomic E-state index is 11.1. The van der Waals surface area contributed by atoms with Crippen molar-refractivity contribution in [1.82, 2.24) is 0 Å². The van der Waals surface area contributed by atoms with Crippen molar-refractivity contribution in [2.75, 3.05) is 14.2 Å². The van der Waals surface area contributed by atoms with Crippen LogP contribution >= 0.6 is 0 Å². The molecule has 0 N–H and O–H groups in total. The first-order valence-corrected chi connectivity index (χ1v) is 4.61. The third-order valence-corrected chi connectivity index (χ3v) is 2.25. The van der Waals surface area contributed by atoms with Crippen LogP contribution in [0.15, 0.2) is 11.8 Å². The number of hydrogen-bond acceptors (Lipinski definition) is 5. The highest BCUT2D eigenvalue weighted by atomic mass is 16.9. The second-order valence-electron chi connectivity index (χ2n) is 3.48. The average Bonchev–Trinajstić information content (AvgIpc) is 2.52. The van der Waals surface area contributed by atoms with Crippen molar-refractivity contribution in [2.24, 2.45) is 0 Å². The molecule has 0 spiro atoms. The Labute approximate surface area is 94.3 Å². The molecule has 5 heteroatoms. The van der Waals surface area contributed by atoms with E-state index in [0.717, 1.165) is 6.08 Å². The molecular weight excluding hydrogens is 212 g/mol. The second kappa shape index (κ2) is 4.16. The predicted octanol–water partition coefficient (Wildman–Crippen LogP) is 0.802. The molecule has 0 aromatic heterocycles. The summed E-state index contributed by atoms with van der Waals surface area (Å²) in [6.07, 6.45) is 6.49. The van der Waals surface area contributed by atoms with Crippen molar-refractivity contribution >= 4 is 5.97 Å². The fraction of sp³-hybridized carbons (Fsp3) is 0.545. The lowest BCUT2D eigenvalue weighted by atomic mass is 10.1. The van der Waals surface area contributed by atoms with Crippen molar-refractivity contribution < 1.29 is 23.7 Å². The molecule has 2 unspecified atom stereocenters. The van der Waals surface area contributed by atoms with Crippen LogP contribution in [0, 0.1) is 12.3 Å². The number of carbonyl (C=O) groups excluding carboxylic acids is 1. The van der Waals surface area contributed by atoms with Crippen molar-refractivity contribution in [3.05, 3.63) is 11.8 Å². The van der Waals surface area contributed by atoms with Gasteiger partial charge in [-0.2, -0.15) is 0 Å². The summed E-state index contributed by atoms with van der Waals surface area (Å²) >= 11 is 0. The zero-order chi connectivity index (χ0) is 12.4. The molecule has 1 rings (SSSR count). The van der Waals surface area contributed by atoms with E-state index in [1.165, 1.54) is 14.2 Å². The molecule has 0 aromatic rings. The summed E-state index contributed by atoms with van der Waals surface area (Å²) in [6, 6.07) is 0. The summed E-state index contributed by atoms with van der Waals surface area (Å²) in [5, 5.41) is 0. The van der Waals surface area contributed by atoms with Crippen molar-refractivity contribution in [1.29, 1.82) is 0 Å². The summed E-state index contributed by atoms with van der Waals surface area (Å²) < 4.78 is 20.3. The van der Waals surface area contributed by atoms with Crippen LogP contribution in [0.4, 0.5) is 0 Å². The molecule has 1 heterocycles. The van der Waals surface area contributed by atoms with E-state index in [1.54, 1.807) is 13.8 Å². The van der Waals surface area contributed by atoms with Crippen molar-refractivity contribution in [2.45, 2.75) is 25.4 Å². The highest BCUT2D eigenvalue weighted by Gasteiger charge is 2.50. The van der Waals surface area contributed by atoms with Crippen molar-refractivity contribution in [3.63, 3.8) is 0 Å². The molecule has 0 aliphatic carbocycles. The molecule has 1 fully saturated rings. The Hall–Kier alpha value is -1.51. The maximum absolute atomic E-state index is 11.1. The van der Waals surface area contributed by atoms with E-state index in [0.29, 0.717) is 0 Å². The van der Waals surface area contributed by atoms with E-state index < -0.39 is 17.5 Å². The lowest BCUT2D eigenvalue weighted by molar-refractivity contribution is -0.314. The minimum absolute atomic E-state index is 0.186. The number of carbonyl (C=O) groups is 1. The maximum Gasteiger partial charge on any atom is 0.334 e. The summed E-state index contributed by atoms with van der Waals surface area (Å²) in [5.41, 5.74) is -1.14. The number of hydrogen-bond donors (Lipinski definition) is 0. The smallest absolute Gasteiger partial charge is 0.334 e. The second-order valence-corrected chi connectivity index (χ2v) is 3.48. The Kier molecular flexibility index (Phi) is 3.27. The summed E-state index contributed by atoms with van der Waals surface area (Å²) in [5.74, 6) is 0.733. The van der Waals surface area contributed by atoms with Crippen LogP contribution in [-0.2, 0) is 23.7 Å². The molecule has 1 aliphatic rings. The van der Waals surface area contributed by atoms with Crippen LogP contribution < -0.4 is 0 Å². The van der Waals surface area contributed by atoms with Crippen LogP contribution in [0.1, 0.15) is 13.8 Å². The standard InChI is InChI=1S/C11H14O5/c1-6-10(2)8(7-9(12)13-4)15-11(3,14-5)16-10/h1,7H,2-5H3/b8-7-. The fourth-order valence-electron chi connectivity index (χ4n) is 1.26. The van der Waals surface area contributed by atoms with Crippen LogP contribution in [-0.4, -0.2) is 31.8 Å². The van der Waals surface area contributed by atoms with Crippen LogP contribution in [0.2, 0.25) is 0 Å². The van der Waals surface area contributed by atoms with Crippen LogP contribution in [0.3, 0.4) is 0 Å². The molecule has 16 heavy (non-hydrogen) atoms. The quantitative estimate of drug-likeness (QED) is 0.396. The van der Waals surface area contributed by atoms with Gasteiger partial charge in [-0.1, -0.05) is 5.92 Å². The largest absolute Gasteiger partial charge is 0.466 e. The molecule has 0 radical (unpaired) electrons. The SMILES string of the molecule is C#CC1(C)OC(C)(OC)O/C1=C\C(=O)OC. The molecule has 5 nitrogen and oxygen atoms in total. The molecule has 0 aromatic carbocycles. The third kappa shape index (κ3) is 2.18. The molecular formula is C11H14O5. The van der Waals surface area contributed by atoms with Gasteiger partial charge in [0.05, 0.1) is 13.2 Å². The van der Waals surface area contributed by atoms with Crippen LogP contribution in [0.5, 0.6) is 0 Å². The van der Waals surface area contributed by atoms with Gasteiger partial charge < -0.3 is 14.2 Å². The topological polar surface area (TPSA) is 54.0 Å². The van der Waals surface area contributed by atoms with Gasteiger partial charge in [0.1, 0.15) is 0 Å². The van der Waals surface area contributed by atoms with E-state index in [1.807, 2.05) is 0 Å². The minimum Gasteiger partial charge on any atom is -0.466 e. The molecule has 0 saturated carbocycles. The predicted molar refractivity (Wildman–Crippen MR) is 54.9 cm³/mol. The lowest BCUT2D eigenvalue weighted by Gasteiger charge is -2.20. The Morgan fingerprint density at radius 3 is 2.56 bits per heavy atom. The molecule has 0 bridgehead atoms. The van der Waals surface area contributed by atoms with Gasteiger partial charge in [-0.15, -0.1) is 6.42 Å². The molecule has 88 valence electrons. The Morgan fingerprint density at radius 2 is 2.12 bits per heavy atom.